The first-order valence-corrected chi connectivity index (χ1v) is 18.9. The third kappa shape index (κ3) is 3.58. The van der Waals surface area contributed by atoms with Gasteiger partial charge >= 0.3 is 0 Å². The van der Waals surface area contributed by atoms with Crippen molar-refractivity contribution in [2.45, 2.75) is 19.3 Å². The second-order valence-corrected chi connectivity index (χ2v) is 16.0. The van der Waals surface area contributed by atoms with E-state index in [0.717, 1.165) is 17.1 Å². The van der Waals surface area contributed by atoms with Crippen molar-refractivity contribution in [3.05, 3.63) is 169 Å². The molecule has 52 heavy (non-hydrogen) atoms. The Labute approximate surface area is 305 Å². The summed E-state index contributed by atoms with van der Waals surface area (Å²) in [5.41, 5.74) is 15.1. The van der Waals surface area contributed by atoms with Gasteiger partial charge in [0.15, 0.2) is 0 Å². The summed E-state index contributed by atoms with van der Waals surface area (Å²) in [5, 5.41) is 8.21. The van der Waals surface area contributed by atoms with Crippen LogP contribution in [0.15, 0.2) is 158 Å². The van der Waals surface area contributed by atoms with Gasteiger partial charge in [-0.2, -0.15) is 0 Å². The molecule has 0 atom stereocenters. The van der Waals surface area contributed by atoms with E-state index in [0.29, 0.717) is 0 Å². The Bertz CT molecular complexity index is 3140. The lowest BCUT2D eigenvalue weighted by Crippen LogP contribution is -2.16. The summed E-state index contributed by atoms with van der Waals surface area (Å²) in [6, 6.07) is 58.8. The molecule has 0 amide bonds. The fraction of sp³-hybridized carbons (Fsp3) is 0.0612. The normalized spacial score (nSPS) is 13.7. The number of aromatic nitrogens is 1. The van der Waals surface area contributed by atoms with E-state index in [4.69, 9.17) is 0 Å². The van der Waals surface area contributed by atoms with Gasteiger partial charge in [0.05, 0.1) is 11.0 Å². The van der Waals surface area contributed by atoms with Gasteiger partial charge in [0.25, 0.3) is 0 Å². The average Bonchev–Trinajstić information content (AvgIpc) is 3.78. The zero-order chi connectivity index (χ0) is 34.3. The molecule has 0 saturated carbocycles. The number of fused-ring (bicyclic) bond motifs is 4. The van der Waals surface area contributed by atoms with E-state index < -0.39 is 0 Å². The maximum absolute atomic E-state index is 2.48. The number of hydrogen-bond donors (Lipinski definition) is 0. The second-order valence-electron chi connectivity index (χ2n) is 14.9. The van der Waals surface area contributed by atoms with Crippen molar-refractivity contribution in [1.29, 1.82) is 0 Å². The molecule has 0 N–H and O–H groups in total. The predicted molar refractivity (Wildman–Crippen MR) is 222 cm³/mol. The number of benzene rings is 8. The van der Waals surface area contributed by atoms with Crippen molar-refractivity contribution in [3.8, 4) is 27.9 Å². The third-order valence-electron chi connectivity index (χ3n) is 11.9. The lowest BCUT2D eigenvalue weighted by atomic mass is 9.82. The molecule has 10 aromatic rings. The molecule has 0 fully saturated rings. The number of thiophene rings is 1. The van der Waals surface area contributed by atoms with Gasteiger partial charge in [-0.15, -0.1) is 11.3 Å². The SMILES string of the molecule is CC1(C)c2ccccc2-c2ccc(N(c3ccccc3)c3ccc(-n4c5cccc6c5c5c7c(ccc8sc9cccc-6c9c87)ccc54)cc3)cc21. The summed E-state index contributed by atoms with van der Waals surface area (Å²) in [6.45, 7) is 4.71. The molecule has 12 rings (SSSR count). The van der Waals surface area contributed by atoms with Gasteiger partial charge in [-0.05, 0) is 112 Å². The largest absolute Gasteiger partial charge is 0.310 e. The molecule has 0 aliphatic heterocycles. The fourth-order valence-electron chi connectivity index (χ4n) is 9.61. The first-order valence-electron chi connectivity index (χ1n) is 18.1. The van der Waals surface area contributed by atoms with Crippen LogP contribution in [-0.2, 0) is 5.41 Å². The van der Waals surface area contributed by atoms with Crippen molar-refractivity contribution < 1.29 is 0 Å². The monoisotopic (exact) mass is 680 g/mol. The Morgan fingerprint density at radius 3 is 1.96 bits per heavy atom. The highest BCUT2D eigenvalue weighted by Gasteiger charge is 2.36. The lowest BCUT2D eigenvalue weighted by Gasteiger charge is -2.28. The van der Waals surface area contributed by atoms with Gasteiger partial charge < -0.3 is 9.47 Å². The Kier molecular flexibility index (Phi) is 5.49. The molecule has 244 valence electrons. The summed E-state index contributed by atoms with van der Waals surface area (Å²) < 4.78 is 5.21. The van der Waals surface area contributed by atoms with Crippen LogP contribution in [0.5, 0.6) is 0 Å². The lowest BCUT2D eigenvalue weighted by molar-refractivity contribution is 0.660. The predicted octanol–water partition coefficient (Wildman–Crippen LogP) is 14.1. The highest BCUT2D eigenvalue weighted by Crippen LogP contribution is 2.53. The van der Waals surface area contributed by atoms with Crippen molar-refractivity contribution in [1.82, 2.24) is 4.57 Å². The van der Waals surface area contributed by atoms with Gasteiger partial charge in [-0.1, -0.05) is 98.8 Å². The standard InChI is InChI=1S/C49H32N2S/c1-49(2)38-15-7-6-12-34(38)35-25-24-33(28-39(35)49)50(30-10-4-3-5-11-30)31-20-22-32(23-21-31)51-40-16-8-13-36-37-14-9-17-42-46(37)48-43(52-42)27-19-29-18-26-41(51)47(44(29)48)45(36)40/h3-28H,1-2H3. The van der Waals surface area contributed by atoms with Crippen LogP contribution in [-0.4, -0.2) is 4.57 Å². The molecule has 3 heteroatoms. The van der Waals surface area contributed by atoms with Crippen LogP contribution in [0.3, 0.4) is 0 Å². The maximum atomic E-state index is 2.48. The molecule has 8 aromatic carbocycles. The maximum Gasteiger partial charge on any atom is 0.0548 e. The highest BCUT2D eigenvalue weighted by molar-refractivity contribution is 7.26. The number of anilines is 3. The summed E-state index contributed by atoms with van der Waals surface area (Å²) in [5.74, 6) is 0. The van der Waals surface area contributed by atoms with Crippen LogP contribution < -0.4 is 4.90 Å². The van der Waals surface area contributed by atoms with E-state index in [1.165, 1.54) is 91.8 Å². The van der Waals surface area contributed by atoms with E-state index in [1.54, 1.807) is 0 Å². The van der Waals surface area contributed by atoms with E-state index in [-0.39, 0.29) is 5.41 Å². The minimum absolute atomic E-state index is 0.0722. The Morgan fingerprint density at radius 1 is 0.442 bits per heavy atom. The molecule has 2 aliphatic rings. The van der Waals surface area contributed by atoms with E-state index in [2.05, 4.69) is 181 Å². The molecule has 0 saturated heterocycles. The van der Waals surface area contributed by atoms with E-state index in [1.807, 2.05) is 11.3 Å². The molecular weight excluding hydrogens is 649 g/mol. The summed E-state index contributed by atoms with van der Waals surface area (Å²) in [6.07, 6.45) is 0. The Hall–Kier alpha value is -6.16. The molecule has 2 aromatic heterocycles. The molecule has 0 radical (unpaired) electrons. The van der Waals surface area contributed by atoms with Crippen LogP contribution in [0.1, 0.15) is 25.0 Å². The smallest absolute Gasteiger partial charge is 0.0548 e. The zero-order valence-corrected chi connectivity index (χ0v) is 29.6. The fourth-order valence-corrected chi connectivity index (χ4v) is 10.7. The first kappa shape index (κ1) is 28.5. The number of hydrogen-bond acceptors (Lipinski definition) is 2. The van der Waals surface area contributed by atoms with Gasteiger partial charge in [0.2, 0.25) is 0 Å². The second kappa shape index (κ2) is 10.00. The summed E-state index contributed by atoms with van der Waals surface area (Å²) in [7, 11) is 0. The number of nitrogens with zero attached hydrogens (tertiary/aromatic N) is 2. The van der Waals surface area contributed by atoms with Crippen LogP contribution in [0.4, 0.5) is 17.1 Å². The summed E-state index contributed by atoms with van der Waals surface area (Å²) >= 11 is 1.91. The summed E-state index contributed by atoms with van der Waals surface area (Å²) in [4.78, 5) is 2.40. The average molecular weight is 681 g/mol. The zero-order valence-electron chi connectivity index (χ0n) is 28.8. The molecule has 0 bridgehead atoms. The van der Waals surface area contributed by atoms with Crippen molar-refractivity contribution >= 4 is 81.1 Å². The van der Waals surface area contributed by atoms with Crippen LogP contribution >= 0.6 is 11.3 Å². The molecular formula is C49H32N2S. The number of rotatable bonds is 4. The minimum Gasteiger partial charge on any atom is -0.310 e. The van der Waals surface area contributed by atoms with E-state index >= 15 is 0 Å². The Morgan fingerprint density at radius 2 is 1.10 bits per heavy atom. The van der Waals surface area contributed by atoms with Gasteiger partial charge in [-0.3, -0.25) is 0 Å². The van der Waals surface area contributed by atoms with Gasteiger partial charge in [-0.25, -0.2) is 0 Å². The van der Waals surface area contributed by atoms with Crippen molar-refractivity contribution in [2.75, 3.05) is 4.90 Å². The van der Waals surface area contributed by atoms with Crippen molar-refractivity contribution in [3.63, 3.8) is 0 Å². The van der Waals surface area contributed by atoms with Crippen molar-refractivity contribution in [2.24, 2.45) is 0 Å². The molecule has 0 unspecified atom stereocenters. The topological polar surface area (TPSA) is 8.17 Å². The van der Waals surface area contributed by atoms with E-state index in [9.17, 15) is 0 Å². The number of para-hydroxylation sites is 1. The minimum atomic E-state index is -0.0722. The molecule has 2 nitrogen and oxygen atoms in total. The Balaban J connectivity index is 1.06. The molecule has 0 spiro atoms. The van der Waals surface area contributed by atoms with Crippen LogP contribution in [0.2, 0.25) is 0 Å². The van der Waals surface area contributed by atoms with Gasteiger partial charge in [0, 0.05) is 64.5 Å². The molecule has 2 heterocycles. The first-order chi connectivity index (χ1) is 25.6. The van der Waals surface area contributed by atoms with Crippen LogP contribution in [0, 0.1) is 0 Å². The highest BCUT2D eigenvalue weighted by atomic mass is 32.1. The molecule has 2 aliphatic carbocycles. The quantitative estimate of drug-likeness (QED) is 0.180. The van der Waals surface area contributed by atoms with Crippen LogP contribution in [0.25, 0.3) is 80.7 Å². The third-order valence-corrected chi connectivity index (χ3v) is 13.0. The van der Waals surface area contributed by atoms with Gasteiger partial charge in [0.1, 0.15) is 0 Å².